The van der Waals surface area contributed by atoms with Crippen LogP contribution in [-0.2, 0) is 11.2 Å². The van der Waals surface area contributed by atoms with E-state index in [-0.39, 0.29) is 12.3 Å². The molecule has 0 radical (unpaired) electrons. The van der Waals surface area contributed by atoms with Gasteiger partial charge >= 0.3 is 5.97 Å². The molecule has 1 fully saturated rings. The van der Waals surface area contributed by atoms with E-state index in [0.717, 1.165) is 12.8 Å². The summed E-state index contributed by atoms with van der Waals surface area (Å²) in [5, 5.41) is 11.6. The Morgan fingerprint density at radius 1 is 1.15 bits per heavy atom. The Balaban J connectivity index is 1.72. The van der Waals surface area contributed by atoms with Crippen LogP contribution in [0.1, 0.15) is 28.8 Å². The minimum absolute atomic E-state index is 0.0497. The normalized spacial score (nSPS) is 13.1. The number of carboxylic acid groups (broad SMARTS) is 1. The van der Waals surface area contributed by atoms with E-state index in [1.165, 1.54) is 0 Å². The zero-order valence-corrected chi connectivity index (χ0v) is 14.5. The van der Waals surface area contributed by atoms with Crippen LogP contribution in [0.2, 0.25) is 0 Å². The maximum atomic E-state index is 12.6. The molecule has 2 aromatic carbocycles. The number of methoxy groups -OCH3 is 1. The number of aliphatic carboxylic acids is 1. The maximum absolute atomic E-state index is 12.6. The SMILES string of the molecule is COc1ccc(C(=O)Nc2ccc(CC(=O)O)cc2)c(OCC2CC2)c1. The summed E-state index contributed by atoms with van der Waals surface area (Å²) in [7, 11) is 1.57. The molecule has 0 heterocycles. The molecule has 26 heavy (non-hydrogen) atoms. The first kappa shape index (κ1) is 17.8. The van der Waals surface area contributed by atoms with Gasteiger partial charge in [0.05, 0.1) is 25.7 Å². The number of nitrogens with one attached hydrogen (secondary N) is 1. The Bertz CT molecular complexity index is 796. The predicted octanol–water partition coefficient (Wildman–Crippen LogP) is 3.36. The molecule has 136 valence electrons. The molecule has 0 bridgehead atoms. The third-order valence-corrected chi connectivity index (χ3v) is 4.17. The van der Waals surface area contributed by atoms with Gasteiger partial charge in [-0.3, -0.25) is 9.59 Å². The molecule has 2 aromatic rings. The van der Waals surface area contributed by atoms with Gasteiger partial charge in [0.2, 0.25) is 0 Å². The molecular weight excluding hydrogens is 334 g/mol. The van der Waals surface area contributed by atoms with Gasteiger partial charge in [0, 0.05) is 11.8 Å². The van der Waals surface area contributed by atoms with Gasteiger partial charge in [0.25, 0.3) is 5.91 Å². The van der Waals surface area contributed by atoms with Gasteiger partial charge in [-0.1, -0.05) is 12.1 Å². The number of hydrogen-bond donors (Lipinski definition) is 2. The van der Waals surface area contributed by atoms with Crippen molar-refractivity contribution >= 4 is 17.6 Å². The molecule has 0 saturated heterocycles. The quantitative estimate of drug-likeness (QED) is 0.758. The van der Waals surface area contributed by atoms with Gasteiger partial charge in [-0.15, -0.1) is 0 Å². The number of amides is 1. The number of anilines is 1. The highest BCUT2D eigenvalue weighted by Gasteiger charge is 2.23. The van der Waals surface area contributed by atoms with Crippen molar-refractivity contribution < 1.29 is 24.2 Å². The Morgan fingerprint density at radius 3 is 2.50 bits per heavy atom. The predicted molar refractivity (Wildman–Crippen MR) is 96.9 cm³/mol. The molecular formula is C20H21NO5. The van der Waals surface area contributed by atoms with Crippen molar-refractivity contribution in [2.75, 3.05) is 19.0 Å². The zero-order chi connectivity index (χ0) is 18.5. The summed E-state index contributed by atoms with van der Waals surface area (Å²) in [5.74, 6) is 0.516. The summed E-state index contributed by atoms with van der Waals surface area (Å²) < 4.78 is 11.0. The first-order valence-corrected chi connectivity index (χ1v) is 8.48. The second kappa shape index (κ2) is 7.91. The Hall–Kier alpha value is -3.02. The second-order valence-corrected chi connectivity index (χ2v) is 6.34. The molecule has 6 nitrogen and oxygen atoms in total. The number of ether oxygens (including phenoxy) is 2. The van der Waals surface area contributed by atoms with Gasteiger partial charge in [0.1, 0.15) is 11.5 Å². The fourth-order valence-electron chi connectivity index (χ4n) is 2.51. The first-order chi connectivity index (χ1) is 12.5. The lowest BCUT2D eigenvalue weighted by Gasteiger charge is -2.13. The fourth-order valence-corrected chi connectivity index (χ4v) is 2.51. The summed E-state index contributed by atoms with van der Waals surface area (Å²) in [6, 6.07) is 11.8. The van der Waals surface area contributed by atoms with Crippen LogP contribution in [0.25, 0.3) is 0 Å². The van der Waals surface area contributed by atoms with Gasteiger partial charge in [-0.25, -0.2) is 0 Å². The molecule has 1 aliphatic rings. The largest absolute Gasteiger partial charge is 0.497 e. The molecule has 0 unspecified atom stereocenters. The molecule has 3 rings (SSSR count). The van der Waals surface area contributed by atoms with Crippen LogP contribution in [-0.4, -0.2) is 30.7 Å². The molecule has 2 N–H and O–H groups in total. The van der Waals surface area contributed by atoms with Crippen LogP contribution in [0.4, 0.5) is 5.69 Å². The standard InChI is InChI=1S/C20H21NO5/c1-25-16-8-9-17(18(11-16)26-12-14-2-3-14)20(24)21-15-6-4-13(5-7-15)10-19(22)23/h4-9,11,14H,2-3,10,12H2,1H3,(H,21,24)(H,22,23). The molecule has 0 aliphatic heterocycles. The molecule has 0 aromatic heterocycles. The lowest BCUT2D eigenvalue weighted by atomic mass is 10.1. The number of benzene rings is 2. The van der Waals surface area contributed by atoms with Crippen molar-refractivity contribution in [3.8, 4) is 11.5 Å². The van der Waals surface area contributed by atoms with E-state index < -0.39 is 5.97 Å². The van der Waals surface area contributed by atoms with Crippen LogP contribution in [0.5, 0.6) is 11.5 Å². The number of carboxylic acids is 1. The third-order valence-electron chi connectivity index (χ3n) is 4.17. The van der Waals surface area contributed by atoms with Gasteiger partial charge in [-0.2, -0.15) is 0 Å². The van der Waals surface area contributed by atoms with Crippen LogP contribution in [0.15, 0.2) is 42.5 Å². The molecule has 6 heteroatoms. The molecule has 1 amide bonds. The van der Waals surface area contributed by atoms with Crippen LogP contribution in [0.3, 0.4) is 0 Å². The van der Waals surface area contributed by atoms with Crippen molar-refractivity contribution in [2.24, 2.45) is 5.92 Å². The van der Waals surface area contributed by atoms with E-state index in [9.17, 15) is 9.59 Å². The molecule has 0 spiro atoms. The summed E-state index contributed by atoms with van der Waals surface area (Å²) in [5.41, 5.74) is 1.70. The first-order valence-electron chi connectivity index (χ1n) is 8.48. The Kier molecular flexibility index (Phi) is 5.41. The fraction of sp³-hybridized carbons (Fsp3) is 0.300. The van der Waals surface area contributed by atoms with E-state index in [0.29, 0.717) is 40.8 Å². The maximum Gasteiger partial charge on any atom is 0.307 e. The van der Waals surface area contributed by atoms with E-state index in [2.05, 4.69) is 5.32 Å². The zero-order valence-electron chi connectivity index (χ0n) is 14.5. The molecule has 1 saturated carbocycles. The van der Waals surface area contributed by atoms with Gasteiger partial charge < -0.3 is 19.9 Å². The minimum atomic E-state index is -0.891. The smallest absolute Gasteiger partial charge is 0.307 e. The average Bonchev–Trinajstić information content (AvgIpc) is 3.45. The Morgan fingerprint density at radius 2 is 1.88 bits per heavy atom. The van der Waals surface area contributed by atoms with Crippen molar-refractivity contribution in [3.63, 3.8) is 0 Å². The lowest BCUT2D eigenvalue weighted by Crippen LogP contribution is -2.14. The van der Waals surface area contributed by atoms with E-state index >= 15 is 0 Å². The topological polar surface area (TPSA) is 84.9 Å². The van der Waals surface area contributed by atoms with Crippen molar-refractivity contribution in [2.45, 2.75) is 19.3 Å². The number of rotatable bonds is 8. The van der Waals surface area contributed by atoms with Gasteiger partial charge in [-0.05, 0) is 48.6 Å². The van der Waals surface area contributed by atoms with Crippen molar-refractivity contribution in [3.05, 3.63) is 53.6 Å². The highest BCUT2D eigenvalue weighted by atomic mass is 16.5. The van der Waals surface area contributed by atoms with Crippen molar-refractivity contribution in [1.29, 1.82) is 0 Å². The second-order valence-electron chi connectivity index (χ2n) is 6.34. The van der Waals surface area contributed by atoms with Crippen molar-refractivity contribution in [1.82, 2.24) is 0 Å². The third kappa shape index (κ3) is 4.75. The van der Waals surface area contributed by atoms with E-state index in [1.54, 1.807) is 49.6 Å². The van der Waals surface area contributed by atoms with Crippen LogP contribution >= 0.6 is 0 Å². The summed E-state index contributed by atoms with van der Waals surface area (Å²) in [4.78, 5) is 23.4. The minimum Gasteiger partial charge on any atom is -0.497 e. The van der Waals surface area contributed by atoms with E-state index in [1.807, 2.05) is 0 Å². The number of carbonyl (C=O) groups is 2. The highest BCUT2D eigenvalue weighted by molar-refractivity contribution is 6.06. The summed E-state index contributed by atoms with van der Waals surface area (Å²) >= 11 is 0. The highest BCUT2D eigenvalue weighted by Crippen LogP contribution is 2.32. The Labute approximate surface area is 151 Å². The summed E-state index contributed by atoms with van der Waals surface area (Å²) in [6.07, 6.45) is 2.27. The number of hydrogen-bond acceptors (Lipinski definition) is 4. The molecule has 1 aliphatic carbocycles. The van der Waals surface area contributed by atoms with Crippen LogP contribution in [0, 0.1) is 5.92 Å². The molecule has 0 atom stereocenters. The van der Waals surface area contributed by atoms with Crippen LogP contribution < -0.4 is 14.8 Å². The average molecular weight is 355 g/mol. The monoisotopic (exact) mass is 355 g/mol. The van der Waals surface area contributed by atoms with E-state index in [4.69, 9.17) is 14.6 Å². The summed E-state index contributed by atoms with van der Waals surface area (Å²) in [6.45, 7) is 0.595. The number of carbonyl (C=O) groups excluding carboxylic acids is 1. The van der Waals surface area contributed by atoms with Gasteiger partial charge in [0.15, 0.2) is 0 Å². The lowest BCUT2D eigenvalue weighted by molar-refractivity contribution is -0.136.